The number of hydrogen-bond donors (Lipinski definition) is 1. The Morgan fingerprint density at radius 2 is 1.76 bits per heavy atom. The second kappa shape index (κ2) is 5.75. The first kappa shape index (κ1) is 15.9. The van der Waals surface area contributed by atoms with Gasteiger partial charge in [0.25, 0.3) is 15.3 Å². The van der Waals surface area contributed by atoms with E-state index in [1.54, 1.807) is 30.8 Å². The summed E-state index contributed by atoms with van der Waals surface area (Å²) in [6, 6.07) is 9.02. The Bertz CT molecular complexity index is 730. The van der Waals surface area contributed by atoms with E-state index in [1.807, 2.05) is 18.2 Å². The summed E-state index contributed by atoms with van der Waals surface area (Å²) in [5, 5.41) is 2.36. The number of hydrogen-bond acceptors (Lipinski definition) is 2. The fraction of sp³-hybridized carbons (Fsp3) is 0.231. The summed E-state index contributed by atoms with van der Waals surface area (Å²) >= 11 is 16.5. The third-order valence-corrected chi connectivity index (χ3v) is 3.57. The first-order valence-corrected chi connectivity index (χ1v) is 7.09. The molecule has 8 heteroatoms. The monoisotopic (exact) mass is 347 g/mol. The van der Waals surface area contributed by atoms with Crippen molar-refractivity contribution in [2.24, 2.45) is 7.05 Å². The maximum atomic E-state index is 12.5. The van der Waals surface area contributed by atoms with Crippen LogP contribution in [0.2, 0.25) is 0 Å². The van der Waals surface area contributed by atoms with Crippen LogP contribution in [0, 0.1) is 6.92 Å². The first-order chi connectivity index (χ1) is 9.73. The van der Waals surface area contributed by atoms with E-state index in [0.717, 1.165) is 0 Å². The molecule has 0 saturated carbocycles. The molecule has 0 bridgehead atoms. The Morgan fingerprint density at radius 3 is 2.29 bits per heavy atom. The van der Waals surface area contributed by atoms with Gasteiger partial charge in [-0.3, -0.25) is 14.3 Å². The molecule has 5 nitrogen and oxygen atoms in total. The molecule has 0 aliphatic rings. The van der Waals surface area contributed by atoms with Crippen molar-refractivity contribution < 1.29 is 4.79 Å². The van der Waals surface area contributed by atoms with E-state index in [-0.39, 0.29) is 5.69 Å². The zero-order chi connectivity index (χ0) is 15.8. The number of anilines is 1. The summed E-state index contributed by atoms with van der Waals surface area (Å²) in [7, 11) is 1.70. The summed E-state index contributed by atoms with van der Waals surface area (Å²) in [5.41, 5.74) is 0.899. The van der Waals surface area contributed by atoms with Crippen LogP contribution < -0.4 is 10.9 Å². The van der Waals surface area contributed by atoms with Gasteiger partial charge in [-0.15, -0.1) is 0 Å². The summed E-state index contributed by atoms with van der Waals surface area (Å²) in [4.78, 5) is 24.2. The molecule has 0 spiro atoms. The Hall–Kier alpha value is -1.43. The van der Waals surface area contributed by atoms with Crippen molar-refractivity contribution in [3.05, 3.63) is 46.4 Å². The van der Waals surface area contributed by atoms with Crippen LogP contribution in [-0.4, -0.2) is 19.1 Å². The van der Waals surface area contributed by atoms with Crippen molar-refractivity contribution in [2.45, 2.75) is 10.7 Å². The molecule has 0 aliphatic carbocycles. The van der Waals surface area contributed by atoms with E-state index in [2.05, 4.69) is 5.32 Å². The minimum absolute atomic E-state index is 0.0812. The molecule has 1 aromatic heterocycles. The maximum absolute atomic E-state index is 12.5. The second-order valence-corrected chi connectivity index (χ2v) is 6.67. The number of rotatable bonds is 2. The number of nitrogens with one attached hydrogen (secondary N) is 1. The van der Waals surface area contributed by atoms with Crippen molar-refractivity contribution in [3.8, 4) is 5.69 Å². The highest BCUT2D eigenvalue weighted by Gasteiger charge is 2.32. The fourth-order valence-corrected chi connectivity index (χ4v) is 2.04. The van der Waals surface area contributed by atoms with Crippen LogP contribution in [-0.2, 0) is 11.8 Å². The SMILES string of the molecule is Cc1c(NC(=O)C(Cl)(Cl)Cl)c(=O)n(-c2ccccc2)n1C. The highest BCUT2D eigenvalue weighted by atomic mass is 35.6. The lowest BCUT2D eigenvalue weighted by Crippen LogP contribution is -2.30. The quantitative estimate of drug-likeness (QED) is 0.849. The lowest BCUT2D eigenvalue weighted by molar-refractivity contribution is -0.115. The predicted octanol–water partition coefficient (Wildman–Crippen LogP) is 2.79. The van der Waals surface area contributed by atoms with Crippen LogP contribution in [0.15, 0.2) is 35.1 Å². The van der Waals surface area contributed by atoms with Gasteiger partial charge in [0, 0.05) is 7.05 Å². The summed E-state index contributed by atoms with van der Waals surface area (Å²) in [5.74, 6) is -0.876. The van der Waals surface area contributed by atoms with E-state index >= 15 is 0 Å². The topological polar surface area (TPSA) is 56.0 Å². The molecule has 0 unspecified atom stereocenters. The molecule has 2 aromatic rings. The molecule has 1 N–H and O–H groups in total. The van der Waals surface area contributed by atoms with Gasteiger partial charge in [0.05, 0.1) is 11.4 Å². The minimum Gasteiger partial charge on any atom is -0.316 e. The van der Waals surface area contributed by atoms with E-state index in [1.165, 1.54) is 4.68 Å². The molecule has 2 rings (SSSR count). The first-order valence-electron chi connectivity index (χ1n) is 5.95. The molecule has 0 atom stereocenters. The molecule has 1 heterocycles. The molecular formula is C13H12Cl3N3O2. The third kappa shape index (κ3) is 3.10. The van der Waals surface area contributed by atoms with Gasteiger partial charge in [0.15, 0.2) is 0 Å². The van der Waals surface area contributed by atoms with Crippen molar-refractivity contribution >= 4 is 46.4 Å². The molecule has 0 aliphatic heterocycles. The lowest BCUT2D eigenvalue weighted by atomic mass is 10.3. The van der Waals surface area contributed by atoms with Crippen molar-refractivity contribution in [1.82, 2.24) is 9.36 Å². The molecule has 112 valence electrons. The maximum Gasteiger partial charge on any atom is 0.295 e. The Labute approximate surface area is 136 Å². The van der Waals surface area contributed by atoms with Crippen LogP contribution in [0.25, 0.3) is 5.69 Å². The Morgan fingerprint density at radius 1 is 1.19 bits per heavy atom. The van der Waals surface area contributed by atoms with Gasteiger partial charge in [-0.25, -0.2) is 4.68 Å². The predicted molar refractivity (Wildman–Crippen MR) is 84.7 cm³/mol. The normalized spacial score (nSPS) is 11.5. The zero-order valence-corrected chi connectivity index (χ0v) is 13.5. The van der Waals surface area contributed by atoms with E-state index in [4.69, 9.17) is 34.8 Å². The van der Waals surface area contributed by atoms with Gasteiger partial charge in [-0.2, -0.15) is 0 Å². The highest BCUT2D eigenvalue weighted by molar-refractivity contribution is 6.76. The van der Waals surface area contributed by atoms with Crippen LogP contribution in [0.5, 0.6) is 0 Å². The number of alkyl halides is 3. The molecule has 0 saturated heterocycles. The minimum atomic E-state index is -2.13. The number of benzene rings is 1. The highest BCUT2D eigenvalue weighted by Crippen LogP contribution is 2.27. The molecular weight excluding hydrogens is 337 g/mol. The number of carbonyl (C=O) groups excluding carboxylic acids is 1. The largest absolute Gasteiger partial charge is 0.316 e. The molecule has 0 fully saturated rings. The number of para-hydroxylation sites is 1. The number of carbonyl (C=O) groups is 1. The third-order valence-electron chi connectivity index (χ3n) is 3.05. The second-order valence-electron chi connectivity index (χ2n) is 4.39. The summed E-state index contributed by atoms with van der Waals surface area (Å²) in [6.07, 6.45) is 0. The van der Waals surface area contributed by atoms with Crippen LogP contribution in [0.3, 0.4) is 0 Å². The van der Waals surface area contributed by atoms with E-state index < -0.39 is 15.3 Å². The average Bonchev–Trinajstić information content (AvgIpc) is 2.63. The van der Waals surface area contributed by atoms with Crippen LogP contribution in [0.1, 0.15) is 5.69 Å². The molecule has 1 aromatic carbocycles. The number of nitrogens with zero attached hydrogens (tertiary/aromatic N) is 2. The number of halogens is 3. The van der Waals surface area contributed by atoms with Gasteiger partial charge in [0.1, 0.15) is 5.69 Å². The summed E-state index contributed by atoms with van der Waals surface area (Å²) < 4.78 is 0.904. The van der Waals surface area contributed by atoms with Crippen molar-refractivity contribution in [3.63, 3.8) is 0 Å². The summed E-state index contributed by atoms with van der Waals surface area (Å²) in [6.45, 7) is 1.69. The number of amides is 1. The van der Waals surface area contributed by atoms with Gasteiger partial charge < -0.3 is 5.32 Å². The average molecular weight is 349 g/mol. The lowest BCUT2D eigenvalue weighted by Gasteiger charge is -2.10. The standard InChI is InChI=1S/C13H12Cl3N3O2/c1-8-10(17-12(21)13(14,15)16)11(20)19(18(8)2)9-6-4-3-5-7-9/h3-7H,1-2H3,(H,17,21). The van der Waals surface area contributed by atoms with E-state index in [0.29, 0.717) is 11.4 Å². The molecule has 21 heavy (non-hydrogen) atoms. The zero-order valence-electron chi connectivity index (χ0n) is 11.2. The van der Waals surface area contributed by atoms with Gasteiger partial charge in [0.2, 0.25) is 0 Å². The Kier molecular flexibility index (Phi) is 4.37. The number of aromatic nitrogens is 2. The molecule has 1 amide bonds. The molecule has 0 radical (unpaired) electrons. The van der Waals surface area contributed by atoms with Gasteiger partial charge >= 0.3 is 0 Å². The van der Waals surface area contributed by atoms with Gasteiger partial charge in [-0.1, -0.05) is 53.0 Å². The smallest absolute Gasteiger partial charge is 0.295 e. The fourth-order valence-electron chi connectivity index (χ4n) is 1.90. The van der Waals surface area contributed by atoms with Gasteiger partial charge in [-0.05, 0) is 19.1 Å². The van der Waals surface area contributed by atoms with Crippen LogP contribution in [0.4, 0.5) is 5.69 Å². The van der Waals surface area contributed by atoms with Crippen molar-refractivity contribution in [2.75, 3.05) is 5.32 Å². The van der Waals surface area contributed by atoms with Crippen molar-refractivity contribution in [1.29, 1.82) is 0 Å². The Balaban J connectivity index is 2.52. The van der Waals surface area contributed by atoms with E-state index in [9.17, 15) is 9.59 Å². The van der Waals surface area contributed by atoms with Crippen LogP contribution >= 0.6 is 34.8 Å².